The molecule has 0 heterocycles. The van der Waals surface area contributed by atoms with Gasteiger partial charge in [0, 0.05) is 0 Å². The van der Waals surface area contributed by atoms with Gasteiger partial charge in [-0.15, -0.1) is 0 Å². The third kappa shape index (κ3) is 1.57. The van der Waals surface area contributed by atoms with Crippen LogP contribution in [0.25, 0.3) is 0 Å². The Morgan fingerprint density at radius 1 is 1.43 bits per heavy atom. The van der Waals surface area contributed by atoms with Crippen LogP contribution in [0.5, 0.6) is 0 Å². The van der Waals surface area contributed by atoms with Crippen LogP contribution >= 0.6 is 0 Å². The maximum Gasteiger partial charge on any atom is 0.0818 e. The van der Waals surface area contributed by atoms with Gasteiger partial charge in [-0.3, -0.25) is 0 Å². The molecule has 1 heteroatoms. The Balaban J connectivity index is 2.41. The van der Waals surface area contributed by atoms with Crippen LogP contribution in [0.1, 0.15) is 43.1 Å². The summed E-state index contributed by atoms with van der Waals surface area (Å²) in [6, 6.07) is 6.54. The van der Waals surface area contributed by atoms with Crippen LogP contribution in [0.3, 0.4) is 0 Å². The molecule has 1 aromatic carbocycles. The highest BCUT2D eigenvalue weighted by Gasteiger charge is 2.24. The maximum absolute atomic E-state index is 10.0. The fourth-order valence-corrected chi connectivity index (χ4v) is 2.21. The van der Waals surface area contributed by atoms with E-state index < -0.39 is 0 Å². The van der Waals surface area contributed by atoms with E-state index in [2.05, 4.69) is 32.0 Å². The summed E-state index contributed by atoms with van der Waals surface area (Å²) in [5.41, 5.74) is 3.84. The van der Waals surface area contributed by atoms with Gasteiger partial charge < -0.3 is 5.11 Å². The fourth-order valence-electron chi connectivity index (χ4n) is 2.21. The van der Waals surface area contributed by atoms with Crippen molar-refractivity contribution in [1.29, 1.82) is 0 Å². The van der Waals surface area contributed by atoms with Crippen molar-refractivity contribution in [2.45, 2.75) is 39.2 Å². The third-order valence-electron chi connectivity index (χ3n) is 3.35. The first kappa shape index (κ1) is 9.72. The number of aryl methyl sites for hydroxylation is 2. The molecule has 0 amide bonds. The number of hydrogen-bond donors (Lipinski definition) is 1. The topological polar surface area (TPSA) is 20.2 Å². The number of rotatable bonds is 1. The summed E-state index contributed by atoms with van der Waals surface area (Å²) in [4.78, 5) is 0. The molecule has 0 aliphatic heterocycles. The highest BCUT2D eigenvalue weighted by molar-refractivity contribution is 5.35. The molecule has 1 aliphatic carbocycles. The fraction of sp³-hybridized carbons (Fsp3) is 0.538. The maximum atomic E-state index is 10.0. The van der Waals surface area contributed by atoms with Crippen LogP contribution in [0, 0.1) is 5.92 Å². The van der Waals surface area contributed by atoms with Gasteiger partial charge in [0.05, 0.1) is 6.10 Å². The molecule has 0 spiro atoms. The van der Waals surface area contributed by atoms with E-state index in [1.807, 2.05) is 0 Å². The largest absolute Gasteiger partial charge is 0.388 e. The molecule has 2 atom stereocenters. The second kappa shape index (κ2) is 3.74. The molecular formula is C13H18O. The smallest absolute Gasteiger partial charge is 0.0818 e. The zero-order valence-corrected chi connectivity index (χ0v) is 8.96. The molecule has 0 unspecified atom stereocenters. The normalized spacial score (nSPS) is 25.9. The average molecular weight is 190 g/mol. The van der Waals surface area contributed by atoms with Crippen LogP contribution < -0.4 is 0 Å². The Bertz CT molecular complexity index is 330. The number of hydrogen-bond acceptors (Lipinski definition) is 1. The molecule has 1 nitrogen and oxygen atoms in total. The second-order valence-corrected chi connectivity index (χ2v) is 4.35. The summed E-state index contributed by atoms with van der Waals surface area (Å²) in [6.45, 7) is 4.28. The number of aliphatic hydroxyl groups excluding tert-OH is 1. The Hall–Kier alpha value is -0.820. The first-order valence-corrected chi connectivity index (χ1v) is 5.52. The van der Waals surface area contributed by atoms with Crippen LogP contribution in [-0.2, 0) is 12.8 Å². The highest BCUT2D eigenvalue weighted by atomic mass is 16.3. The van der Waals surface area contributed by atoms with Crippen molar-refractivity contribution in [3.63, 3.8) is 0 Å². The number of benzene rings is 1. The summed E-state index contributed by atoms with van der Waals surface area (Å²) in [7, 11) is 0. The lowest BCUT2D eigenvalue weighted by Crippen LogP contribution is -2.18. The van der Waals surface area contributed by atoms with Gasteiger partial charge in [0.1, 0.15) is 0 Å². The summed E-state index contributed by atoms with van der Waals surface area (Å²) in [6.07, 6.45) is 3.04. The summed E-state index contributed by atoms with van der Waals surface area (Å²) < 4.78 is 0. The SMILES string of the molecule is CCc1ccc2c(c1)[C@H](O)[C@@H](C)CC2. The standard InChI is InChI=1S/C13H18O/c1-3-10-5-7-11-6-4-9(2)13(14)12(11)8-10/h5,7-9,13-14H,3-4,6H2,1-2H3/t9-,13+/m0/s1. The van der Waals surface area contributed by atoms with Crippen molar-refractivity contribution in [1.82, 2.24) is 0 Å². The van der Waals surface area contributed by atoms with Gasteiger partial charge in [-0.1, -0.05) is 32.0 Å². The zero-order valence-electron chi connectivity index (χ0n) is 8.96. The molecule has 0 radical (unpaired) electrons. The molecule has 76 valence electrons. The summed E-state index contributed by atoms with van der Waals surface area (Å²) in [5, 5.41) is 10.0. The van der Waals surface area contributed by atoms with Crippen LogP contribution in [0.4, 0.5) is 0 Å². The molecule has 0 bridgehead atoms. The minimum absolute atomic E-state index is 0.245. The van der Waals surface area contributed by atoms with Crippen molar-refractivity contribution in [2.24, 2.45) is 5.92 Å². The molecule has 0 fully saturated rings. The van der Waals surface area contributed by atoms with Crippen molar-refractivity contribution in [3.8, 4) is 0 Å². The Morgan fingerprint density at radius 2 is 2.21 bits per heavy atom. The quantitative estimate of drug-likeness (QED) is 0.722. The van der Waals surface area contributed by atoms with Crippen molar-refractivity contribution < 1.29 is 5.11 Å². The Morgan fingerprint density at radius 3 is 2.93 bits per heavy atom. The van der Waals surface area contributed by atoms with E-state index in [1.54, 1.807) is 0 Å². The molecule has 0 saturated carbocycles. The minimum atomic E-state index is -0.245. The molecule has 1 aliphatic rings. The minimum Gasteiger partial charge on any atom is -0.388 e. The van der Waals surface area contributed by atoms with Crippen LogP contribution in [0.15, 0.2) is 18.2 Å². The lowest BCUT2D eigenvalue weighted by atomic mass is 9.82. The Labute approximate surface area is 85.8 Å². The lowest BCUT2D eigenvalue weighted by Gasteiger charge is -2.27. The van der Waals surface area contributed by atoms with Gasteiger partial charge in [0.2, 0.25) is 0 Å². The summed E-state index contributed by atoms with van der Waals surface area (Å²) >= 11 is 0. The third-order valence-corrected chi connectivity index (χ3v) is 3.35. The van der Waals surface area contributed by atoms with Gasteiger partial charge >= 0.3 is 0 Å². The molecule has 1 aromatic rings. The first-order valence-electron chi connectivity index (χ1n) is 5.52. The Kier molecular flexibility index (Phi) is 2.60. The van der Waals surface area contributed by atoms with E-state index in [-0.39, 0.29) is 6.10 Å². The lowest BCUT2D eigenvalue weighted by molar-refractivity contribution is 0.104. The molecule has 14 heavy (non-hydrogen) atoms. The van der Waals surface area contributed by atoms with Gasteiger partial charge in [0.15, 0.2) is 0 Å². The monoisotopic (exact) mass is 190 g/mol. The van der Waals surface area contributed by atoms with Gasteiger partial charge in [-0.2, -0.15) is 0 Å². The van der Waals surface area contributed by atoms with Crippen LogP contribution in [-0.4, -0.2) is 5.11 Å². The van der Waals surface area contributed by atoms with E-state index in [1.165, 1.54) is 16.7 Å². The van der Waals surface area contributed by atoms with Gasteiger partial charge in [-0.25, -0.2) is 0 Å². The number of aliphatic hydroxyl groups is 1. The van der Waals surface area contributed by atoms with Crippen LogP contribution in [0.2, 0.25) is 0 Å². The van der Waals surface area contributed by atoms with E-state index in [0.717, 1.165) is 19.3 Å². The van der Waals surface area contributed by atoms with Gasteiger partial charge in [-0.05, 0) is 41.9 Å². The summed E-state index contributed by atoms with van der Waals surface area (Å²) in [5.74, 6) is 0.412. The average Bonchev–Trinajstić information content (AvgIpc) is 2.23. The van der Waals surface area contributed by atoms with Crippen molar-refractivity contribution in [2.75, 3.05) is 0 Å². The van der Waals surface area contributed by atoms with Crippen molar-refractivity contribution in [3.05, 3.63) is 34.9 Å². The zero-order chi connectivity index (χ0) is 10.1. The number of fused-ring (bicyclic) bond motifs is 1. The molecule has 0 aromatic heterocycles. The van der Waals surface area contributed by atoms with E-state index in [9.17, 15) is 5.11 Å². The predicted octanol–water partition coefficient (Wildman–Crippen LogP) is 2.86. The molecule has 2 rings (SSSR count). The van der Waals surface area contributed by atoms with E-state index in [4.69, 9.17) is 0 Å². The van der Waals surface area contributed by atoms with E-state index >= 15 is 0 Å². The molecule has 0 saturated heterocycles. The first-order chi connectivity index (χ1) is 6.72. The second-order valence-electron chi connectivity index (χ2n) is 4.35. The highest BCUT2D eigenvalue weighted by Crippen LogP contribution is 2.34. The van der Waals surface area contributed by atoms with Crippen molar-refractivity contribution >= 4 is 0 Å². The molecule has 1 N–H and O–H groups in total. The molecular weight excluding hydrogens is 172 g/mol. The van der Waals surface area contributed by atoms with E-state index in [0.29, 0.717) is 5.92 Å². The van der Waals surface area contributed by atoms with Gasteiger partial charge in [0.25, 0.3) is 0 Å². The predicted molar refractivity (Wildman–Crippen MR) is 58.3 cm³/mol.